The second-order valence-corrected chi connectivity index (χ2v) is 4.15. The number of ether oxygens (including phenoxy) is 1. The van der Waals surface area contributed by atoms with Crippen LogP contribution >= 0.6 is 11.6 Å². The minimum absolute atomic E-state index is 0.548. The fraction of sp³-hybridized carbons (Fsp3) is 0.154. The van der Waals surface area contributed by atoms with Crippen molar-refractivity contribution in [3.63, 3.8) is 0 Å². The van der Waals surface area contributed by atoms with Crippen LogP contribution < -0.4 is 5.73 Å². The van der Waals surface area contributed by atoms with Crippen molar-refractivity contribution in [1.29, 1.82) is 0 Å². The third-order valence-corrected chi connectivity index (χ3v) is 2.74. The van der Waals surface area contributed by atoms with Gasteiger partial charge in [0.1, 0.15) is 5.76 Å². The highest BCUT2D eigenvalue weighted by molar-refractivity contribution is 6.32. The summed E-state index contributed by atoms with van der Waals surface area (Å²) in [6, 6.07) is 5.29. The minimum atomic E-state index is 0.548. The van der Waals surface area contributed by atoms with Gasteiger partial charge in [-0.25, -0.2) is 4.68 Å². The molecule has 0 atom stereocenters. The number of halogens is 1. The molecule has 5 heteroatoms. The van der Waals surface area contributed by atoms with Crippen molar-refractivity contribution < 1.29 is 4.74 Å². The van der Waals surface area contributed by atoms with Crippen LogP contribution in [0.4, 0.5) is 5.69 Å². The lowest BCUT2D eigenvalue weighted by atomic mass is 10.3. The SMILES string of the molecule is C=C(OCC)c1cnn(-c2ccc(N)cc2Cl)c1. The molecule has 2 N–H and O–H groups in total. The van der Waals surface area contributed by atoms with Crippen LogP contribution in [0, 0.1) is 0 Å². The molecule has 2 rings (SSSR count). The molecule has 0 aliphatic heterocycles. The van der Waals surface area contributed by atoms with Gasteiger partial charge in [-0.2, -0.15) is 5.10 Å². The summed E-state index contributed by atoms with van der Waals surface area (Å²) in [4.78, 5) is 0. The first kappa shape index (κ1) is 12.5. The van der Waals surface area contributed by atoms with Crippen molar-refractivity contribution in [1.82, 2.24) is 9.78 Å². The van der Waals surface area contributed by atoms with Crippen molar-refractivity contribution >= 4 is 23.0 Å². The van der Waals surface area contributed by atoms with E-state index in [9.17, 15) is 0 Å². The van der Waals surface area contributed by atoms with Gasteiger partial charge in [-0.1, -0.05) is 18.2 Å². The van der Waals surface area contributed by atoms with E-state index in [1.807, 2.05) is 19.2 Å². The van der Waals surface area contributed by atoms with E-state index in [1.165, 1.54) is 0 Å². The van der Waals surface area contributed by atoms with Gasteiger partial charge in [-0.3, -0.25) is 0 Å². The topological polar surface area (TPSA) is 53.1 Å². The molecule has 0 aliphatic carbocycles. The van der Waals surface area contributed by atoms with E-state index in [4.69, 9.17) is 22.1 Å². The van der Waals surface area contributed by atoms with E-state index >= 15 is 0 Å². The lowest BCUT2D eigenvalue weighted by Gasteiger charge is -2.05. The second kappa shape index (κ2) is 5.14. The van der Waals surface area contributed by atoms with Crippen LogP contribution in [0.3, 0.4) is 0 Å². The second-order valence-electron chi connectivity index (χ2n) is 3.74. The molecule has 0 amide bonds. The van der Waals surface area contributed by atoms with E-state index in [1.54, 1.807) is 23.0 Å². The lowest BCUT2D eigenvalue weighted by molar-refractivity contribution is 0.299. The fourth-order valence-corrected chi connectivity index (χ4v) is 1.84. The third-order valence-electron chi connectivity index (χ3n) is 2.44. The van der Waals surface area contributed by atoms with E-state index in [0.29, 0.717) is 23.1 Å². The average molecular weight is 264 g/mol. The first-order valence-corrected chi connectivity index (χ1v) is 5.91. The molecule has 1 aromatic heterocycles. The van der Waals surface area contributed by atoms with E-state index in [-0.39, 0.29) is 0 Å². The highest BCUT2D eigenvalue weighted by atomic mass is 35.5. The summed E-state index contributed by atoms with van der Waals surface area (Å²) < 4.78 is 6.99. The molecule has 0 fully saturated rings. The van der Waals surface area contributed by atoms with Crippen molar-refractivity contribution in [2.24, 2.45) is 0 Å². The number of hydrogen-bond donors (Lipinski definition) is 1. The first-order chi connectivity index (χ1) is 8.61. The number of hydrogen-bond acceptors (Lipinski definition) is 3. The van der Waals surface area contributed by atoms with Crippen LogP contribution in [0.1, 0.15) is 12.5 Å². The van der Waals surface area contributed by atoms with Gasteiger partial charge in [0.2, 0.25) is 0 Å². The number of rotatable bonds is 4. The summed E-state index contributed by atoms with van der Waals surface area (Å²) in [7, 11) is 0. The summed E-state index contributed by atoms with van der Waals surface area (Å²) in [5.41, 5.74) is 7.86. The quantitative estimate of drug-likeness (QED) is 0.681. The molecule has 18 heavy (non-hydrogen) atoms. The van der Waals surface area contributed by atoms with Gasteiger partial charge >= 0.3 is 0 Å². The van der Waals surface area contributed by atoms with Crippen LogP contribution in [0.15, 0.2) is 37.2 Å². The number of aromatic nitrogens is 2. The molecule has 0 spiro atoms. The largest absolute Gasteiger partial charge is 0.494 e. The molecule has 0 saturated carbocycles. The zero-order valence-electron chi connectivity index (χ0n) is 10.1. The van der Waals surface area contributed by atoms with Gasteiger partial charge in [-0.05, 0) is 25.1 Å². The Morgan fingerprint density at radius 1 is 1.56 bits per heavy atom. The van der Waals surface area contributed by atoms with Crippen LogP contribution in [0.25, 0.3) is 11.4 Å². The molecule has 94 valence electrons. The molecular weight excluding hydrogens is 250 g/mol. The molecule has 1 heterocycles. The molecule has 4 nitrogen and oxygen atoms in total. The highest BCUT2D eigenvalue weighted by Gasteiger charge is 2.07. The van der Waals surface area contributed by atoms with Crippen LogP contribution in [-0.2, 0) is 4.74 Å². The zero-order valence-corrected chi connectivity index (χ0v) is 10.8. The van der Waals surface area contributed by atoms with E-state index in [2.05, 4.69) is 11.7 Å². The molecule has 0 radical (unpaired) electrons. The van der Waals surface area contributed by atoms with Crippen LogP contribution in [0.2, 0.25) is 5.02 Å². The predicted molar refractivity (Wildman–Crippen MR) is 73.6 cm³/mol. The maximum atomic E-state index is 6.12. The summed E-state index contributed by atoms with van der Waals surface area (Å²) in [6.07, 6.45) is 3.50. The lowest BCUT2D eigenvalue weighted by Crippen LogP contribution is -1.96. The Morgan fingerprint density at radius 2 is 2.33 bits per heavy atom. The Hall–Kier alpha value is -1.94. The van der Waals surface area contributed by atoms with Gasteiger partial charge < -0.3 is 10.5 Å². The van der Waals surface area contributed by atoms with Crippen LogP contribution in [0.5, 0.6) is 0 Å². The summed E-state index contributed by atoms with van der Waals surface area (Å²) >= 11 is 6.12. The number of nitrogens with two attached hydrogens (primary N) is 1. The predicted octanol–water partition coefficient (Wildman–Crippen LogP) is 3.12. The average Bonchev–Trinajstić information content (AvgIpc) is 2.78. The van der Waals surface area contributed by atoms with Gasteiger partial charge in [0.05, 0.1) is 29.1 Å². The summed E-state index contributed by atoms with van der Waals surface area (Å²) in [6.45, 7) is 6.31. The van der Waals surface area contributed by atoms with Gasteiger partial charge in [0, 0.05) is 11.9 Å². The maximum absolute atomic E-state index is 6.12. The Labute approximate surface area is 111 Å². The smallest absolute Gasteiger partial charge is 0.122 e. The summed E-state index contributed by atoms with van der Waals surface area (Å²) in [5, 5.41) is 4.78. The number of benzene rings is 1. The Morgan fingerprint density at radius 3 is 3.00 bits per heavy atom. The monoisotopic (exact) mass is 263 g/mol. The molecule has 0 unspecified atom stereocenters. The van der Waals surface area contributed by atoms with Crippen molar-refractivity contribution in [3.8, 4) is 5.69 Å². The normalized spacial score (nSPS) is 10.3. The van der Waals surface area contributed by atoms with E-state index < -0.39 is 0 Å². The standard InChI is InChI=1S/C13H14ClN3O/c1-3-18-9(2)10-7-16-17(8-10)13-5-4-11(15)6-12(13)14/h4-8H,2-3,15H2,1H3. The molecule has 1 aromatic carbocycles. The van der Waals surface area contributed by atoms with Crippen molar-refractivity contribution in [2.75, 3.05) is 12.3 Å². The fourth-order valence-electron chi connectivity index (χ4n) is 1.57. The molecule has 0 saturated heterocycles. The van der Waals surface area contributed by atoms with Gasteiger partial charge in [-0.15, -0.1) is 0 Å². The highest BCUT2D eigenvalue weighted by Crippen LogP contribution is 2.23. The number of nitrogen functional groups attached to an aromatic ring is 1. The molecule has 2 aromatic rings. The van der Waals surface area contributed by atoms with Crippen LogP contribution in [-0.4, -0.2) is 16.4 Å². The minimum Gasteiger partial charge on any atom is -0.494 e. The molecular formula is C13H14ClN3O. The molecule has 0 aliphatic rings. The maximum Gasteiger partial charge on any atom is 0.122 e. The van der Waals surface area contributed by atoms with Crippen molar-refractivity contribution in [2.45, 2.75) is 6.92 Å². The Kier molecular flexibility index (Phi) is 3.58. The zero-order chi connectivity index (χ0) is 13.1. The third kappa shape index (κ3) is 2.49. The number of nitrogens with zero attached hydrogens (tertiary/aromatic N) is 2. The Balaban J connectivity index is 2.32. The van der Waals surface area contributed by atoms with Gasteiger partial charge in [0.15, 0.2) is 0 Å². The summed E-state index contributed by atoms with van der Waals surface area (Å²) in [5.74, 6) is 0.593. The number of anilines is 1. The molecule has 0 bridgehead atoms. The first-order valence-electron chi connectivity index (χ1n) is 5.54. The van der Waals surface area contributed by atoms with Gasteiger partial charge in [0.25, 0.3) is 0 Å². The van der Waals surface area contributed by atoms with Crippen molar-refractivity contribution in [3.05, 3.63) is 47.8 Å². The van der Waals surface area contributed by atoms with E-state index in [0.717, 1.165) is 11.3 Å². The Bertz CT molecular complexity index is 577.